The largest absolute Gasteiger partial charge is 0.456 e. The Kier molecular flexibility index (Phi) is 8.88. The first-order valence-corrected chi connectivity index (χ1v) is 8.53. The van der Waals surface area contributed by atoms with Crippen molar-refractivity contribution in [2.45, 2.75) is 58.4 Å². The number of carbonyl (C=O) groups is 4. The lowest BCUT2D eigenvalue weighted by molar-refractivity contribution is -0.293. The second-order valence-electron chi connectivity index (χ2n) is 6.30. The summed E-state index contributed by atoms with van der Waals surface area (Å²) in [6.07, 6.45) is -0.625. The predicted molar refractivity (Wildman–Crippen MR) is 93.4 cm³/mol. The second kappa shape index (κ2) is 10.6. The van der Waals surface area contributed by atoms with Gasteiger partial charge in [-0.2, -0.15) is 0 Å². The van der Waals surface area contributed by atoms with Crippen molar-refractivity contribution in [2.75, 3.05) is 20.1 Å². The summed E-state index contributed by atoms with van der Waals surface area (Å²) in [5, 5.41) is 0. The lowest BCUT2D eigenvalue weighted by Crippen LogP contribution is -2.61. The van der Waals surface area contributed by atoms with E-state index in [1.54, 1.807) is 14.0 Å². The molecule has 1 rings (SSSR count). The number of carbonyl (C=O) groups excluding carboxylic acids is 4. The summed E-state index contributed by atoms with van der Waals surface area (Å²) < 4.78 is 26.4. The van der Waals surface area contributed by atoms with Crippen LogP contribution in [0.4, 0.5) is 0 Å². The fourth-order valence-electron chi connectivity index (χ4n) is 2.66. The molecule has 1 aliphatic rings. The Morgan fingerprint density at radius 3 is 1.93 bits per heavy atom. The van der Waals surface area contributed by atoms with E-state index in [2.05, 4.69) is 5.92 Å². The minimum atomic E-state index is -1.37. The zero-order valence-electron chi connectivity index (χ0n) is 16.5. The molecule has 156 valence electrons. The molecule has 0 aromatic rings. The molecule has 0 bridgehead atoms. The molecular weight excluding hydrogens is 374 g/mol. The van der Waals surface area contributed by atoms with Crippen molar-refractivity contribution in [3.63, 3.8) is 0 Å². The fraction of sp³-hybridized carbons (Fsp3) is 0.667. The highest BCUT2D eigenvalue weighted by Gasteiger charge is 2.52. The fourth-order valence-corrected chi connectivity index (χ4v) is 2.66. The third-order valence-corrected chi connectivity index (χ3v) is 3.64. The topological polar surface area (TPSA) is 118 Å². The Balaban J connectivity index is 3.08. The van der Waals surface area contributed by atoms with Gasteiger partial charge in [-0.1, -0.05) is 5.92 Å². The normalized spacial score (nSPS) is 26.7. The zero-order valence-corrected chi connectivity index (χ0v) is 16.5. The van der Waals surface area contributed by atoms with E-state index in [1.807, 2.05) is 0 Å². The highest BCUT2D eigenvalue weighted by Crippen LogP contribution is 2.29. The smallest absolute Gasteiger partial charge is 0.322 e. The molecule has 1 heterocycles. The second-order valence-corrected chi connectivity index (χ2v) is 6.30. The van der Waals surface area contributed by atoms with Crippen molar-refractivity contribution in [3.05, 3.63) is 0 Å². The van der Waals surface area contributed by atoms with Gasteiger partial charge in [0.25, 0.3) is 0 Å². The maximum absolute atomic E-state index is 12.2. The molecule has 0 amide bonds. The number of hydrogen-bond acceptors (Lipinski definition) is 10. The molecule has 1 aliphatic heterocycles. The van der Waals surface area contributed by atoms with Crippen LogP contribution in [-0.2, 0) is 42.9 Å². The molecule has 0 saturated carbocycles. The Hall–Kier alpha value is -2.64. The minimum Gasteiger partial charge on any atom is -0.456 e. The first-order valence-electron chi connectivity index (χ1n) is 8.53. The molecule has 0 aromatic carbocycles. The van der Waals surface area contributed by atoms with Crippen LogP contribution < -0.4 is 0 Å². The van der Waals surface area contributed by atoms with E-state index in [0.717, 1.165) is 13.8 Å². The number of hydrogen-bond donors (Lipinski definition) is 0. The summed E-state index contributed by atoms with van der Waals surface area (Å²) in [5.74, 6) is -0.391. The number of likely N-dealkylation sites (N-methyl/N-ethyl adjacent to an activating group) is 1. The zero-order chi connectivity index (χ0) is 21.4. The third-order valence-electron chi connectivity index (χ3n) is 3.64. The van der Waals surface area contributed by atoms with Crippen molar-refractivity contribution >= 4 is 23.9 Å². The summed E-state index contributed by atoms with van der Waals surface area (Å²) >= 11 is 0. The van der Waals surface area contributed by atoms with Crippen LogP contribution in [-0.4, -0.2) is 79.6 Å². The standard InChI is InChI=1S/C18H25NO9/c1-7-8-19(6)9-14(23)28-18-17(27-13(5)22)16(26-12(4)21)15(10(2)24-18)25-11(3)20/h1,10,15-18H,8-9H2,2-6H3. The van der Waals surface area contributed by atoms with Crippen molar-refractivity contribution in [3.8, 4) is 12.3 Å². The highest BCUT2D eigenvalue weighted by molar-refractivity contribution is 5.72. The van der Waals surface area contributed by atoms with E-state index in [1.165, 1.54) is 11.8 Å². The summed E-state index contributed by atoms with van der Waals surface area (Å²) in [6, 6.07) is 0. The predicted octanol–water partition coefficient (Wildman–Crippen LogP) is -0.365. The molecule has 28 heavy (non-hydrogen) atoms. The van der Waals surface area contributed by atoms with Gasteiger partial charge in [0, 0.05) is 20.8 Å². The molecule has 0 N–H and O–H groups in total. The van der Waals surface area contributed by atoms with Gasteiger partial charge < -0.3 is 23.7 Å². The number of rotatable bonds is 7. The maximum atomic E-state index is 12.2. The Bertz CT molecular complexity index is 641. The van der Waals surface area contributed by atoms with E-state index >= 15 is 0 Å². The number of nitrogens with zero attached hydrogens (tertiary/aromatic N) is 1. The van der Waals surface area contributed by atoms with Gasteiger partial charge in [0.15, 0.2) is 12.2 Å². The highest BCUT2D eigenvalue weighted by atomic mass is 16.7. The van der Waals surface area contributed by atoms with Crippen LogP contribution in [0, 0.1) is 12.3 Å². The van der Waals surface area contributed by atoms with E-state index in [0.29, 0.717) is 0 Å². The molecule has 10 heteroatoms. The molecular formula is C18H25NO9. The molecule has 5 unspecified atom stereocenters. The van der Waals surface area contributed by atoms with Crippen LogP contribution >= 0.6 is 0 Å². The lowest BCUT2D eigenvalue weighted by Gasteiger charge is -2.42. The first kappa shape index (κ1) is 23.4. The van der Waals surface area contributed by atoms with Crippen molar-refractivity contribution in [2.24, 2.45) is 0 Å². The van der Waals surface area contributed by atoms with Gasteiger partial charge >= 0.3 is 23.9 Å². The quantitative estimate of drug-likeness (QED) is 0.319. The molecule has 1 fully saturated rings. The van der Waals surface area contributed by atoms with Crippen molar-refractivity contribution in [1.82, 2.24) is 4.90 Å². The average Bonchev–Trinajstić information content (AvgIpc) is 2.53. The molecule has 0 aromatic heterocycles. The van der Waals surface area contributed by atoms with E-state index in [4.69, 9.17) is 30.1 Å². The van der Waals surface area contributed by atoms with Crippen LogP contribution in [0.2, 0.25) is 0 Å². The van der Waals surface area contributed by atoms with Crippen LogP contribution in [0.15, 0.2) is 0 Å². The SMILES string of the molecule is C#CCN(C)CC(=O)OC1OC(C)C(OC(C)=O)C(OC(C)=O)C1OC(C)=O. The maximum Gasteiger partial charge on any atom is 0.322 e. The van der Waals surface area contributed by atoms with Crippen LogP contribution in [0.3, 0.4) is 0 Å². The molecule has 0 radical (unpaired) electrons. The van der Waals surface area contributed by atoms with Crippen molar-refractivity contribution < 1.29 is 42.9 Å². The lowest BCUT2D eigenvalue weighted by atomic mass is 9.99. The summed E-state index contributed by atoms with van der Waals surface area (Å²) in [5.41, 5.74) is 0. The van der Waals surface area contributed by atoms with Gasteiger partial charge in [-0.3, -0.25) is 24.1 Å². The summed E-state index contributed by atoms with van der Waals surface area (Å²) in [4.78, 5) is 48.2. The van der Waals surface area contributed by atoms with Gasteiger partial charge in [-0.15, -0.1) is 6.42 Å². The van der Waals surface area contributed by atoms with Crippen molar-refractivity contribution in [1.29, 1.82) is 0 Å². The number of esters is 4. The Labute approximate surface area is 163 Å². The average molecular weight is 399 g/mol. The number of terminal acetylenes is 1. The minimum absolute atomic E-state index is 0.142. The molecule has 0 aliphatic carbocycles. The van der Waals surface area contributed by atoms with Crippen LogP contribution in [0.25, 0.3) is 0 Å². The van der Waals surface area contributed by atoms with E-state index in [-0.39, 0.29) is 13.1 Å². The molecule has 1 saturated heterocycles. The first-order chi connectivity index (χ1) is 13.0. The van der Waals surface area contributed by atoms with Gasteiger partial charge in [0.05, 0.1) is 19.2 Å². The third kappa shape index (κ3) is 7.17. The van der Waals surface area contributed by atoms with E-state index in [9.17, 15) is 19.2 Å². The number of ether oxygens (including phenoxy) is 5. The molecule has 0 spiro atoms. The van der Waals surface area contributed by atoms with Gasteiger partial charge in [0.2, 0.25) is 12.4 Å². The van der Waals surface area contributed by atoms with Crippen LogP contribution in [0.5, 0.6) is 0 Å². The van der Waals surface area contributed by atoms with Gasteiger partial charge in [0.1, 0.15) is 0 Å². The van der Waals surface area contributed by atoms with E-state index < -0.39 is 54.6 Å². The molecule has 5 atom stereocenters. The Morgan fingerprint density at radius 2 is 1.43 bits per heavy atom. The Morgan fingerprint density at radius 1 is 0.929 bits per heavy atom. The van der Waals surface area contributed by atoms with Crippen LogP contribution in [0.1, 0.15) is 27.7 Å². The van der Waals surface area contributed by atoms with Gasteiger partial charge in [-0.05, 0) is 14.0 Å². The van der Waals surface area contributed by atoms with Gasteiger partial charge in [-0.25, -0.2) is 0 Å². The molecule has 10 nitrogen and oxygen atoms in total. The summed E-state index contributed by atoms with van der Waals surface area (Å²) in [6.45, 7) is 5.06. The monoisotopic (exact) mass is 399 g/mol. The summed E-state index contributed by atoms with van der Waals surface area (Å²) in [7, 11) is 1.62.